The number of benzene rings is 2. The normalized spacial score (nSPS) is 12.2. The third-order valence-corrected chi connectivity index (χ3v) is 2.60. The predicted octanol–water partition coefficient (Wildman–Crippen LogP) is 2.92. The van der Waals surface area contributed by atoms with Crippen molar-refractivity contribution in [1.82, 2.24) is 0 Å². The minimum atomic E-state index is -0.823. The standard InChI is InChI=1S/C14H13FO2/c1-17-13-7-5-10(6-8-13)14(16)11-3-2-4-12(15)9-11/h2-9,14,16H,1H3. The van der Waals surface area contributed by atoms with Gasteiger partial charge in [0.2, 0.25) is 0 Å². The highest BCUT2D eigenvalue weighted by Gasteiger charge is 2.10. The van der Waals surface area contributed by atoms with E-state index in [2.05, 4.69) is 0 Å². The molecule has 2 aromatic rings. The van der Waals surface area contributed by atoms with E-state index < -0.39 is 6.10 Å². The molecule has 17 heavy (non-hydrogen) atoms. The van der Waals surface area contributed by atoms with Gasteiger partial charge in [0.15, 0.2) is 0 Å². The van der Waals surface area contributed by atoms with Gasteiger partial charge in [-0.1, -0.05) is 24.3 Å². The Labute approximate surface area is 99.3 Å². The second kappa shape index (κ2) is 4.97. The summed E-state index contributed by atoms with van der Waals surface area (Å²) in [5, 5.41) is 10.1. The van der Waals surface area contributed by atoms with Crippen LogP contribution in [0.25, 0.3) is 0 Å². The Morgan fingerprint density at radius 1 is 1.06 bits per heavy atom. The fourth-order valence-electron chi connectivity index (χ4n) is 1.66. The van der Waals surface area contributed by atoms with Crippen LogP contribution in [0, 0.1) is 5.82 Å². The Balaban J connectivity index is 2.27. The van der Waals surface area contributed by atoms with E-state index in [1.165, 1.54) is 12.1 Å². The van der Waals surface area contributed by atoms with E-state index in [9.17, 15) is 9.50 Å². The van der Waals surface area contributed by atoms with Gasteiger partial charge < -0.3 is 9.84 Å². The molecule has 2 rings (SSSR count). The fraction of sp³-hybridized carbons (Fsp3) is 0.143. The number of methoxy groups -OCH3 is 1. The summed E-state index contributed by atoms with van der Waals surface area (Å²) in [4.78, 5) is 0. The highest BCUT2D eigenvalue weighted by Crippen LogP contribution is 2.24. The van der Waals surface area contributed by atoms with Crippen LogP contribution in [0.4, 0.5) is 4.39 Å². The molecule has 0 aromatic heterocycles. The average Bonchev–Trinajstić information content (AvgIpc) is 2.38. The van der Waals surface area contributed by atoms with E-state index in [1.807, 2.05) is 0 Å². The van der Waals surface area contributed by atoms with Crippen molar-refractivity contribution < 1.29 is 14.2 Å². The third kappa shape index (κ3) is 2.63. The van der Waals surface area contributed by atoms with Crippen LogP contribution in [-0.4, -0.2) is 12.2 Å². The molecule has 1 N–H and O–H groups in total. The zero-order valence-electron chi connectivity index (χ0n) is 9.43. The monoisotopic (exact) mass is 232 g/mol. The maximum atomic E-state index is 13.0. The summed E-state index contributed by atoms with van der Waals surface area (Å²) in [5.41, 5.74) is 1.24. The molecule has 0 saturated carbocycles. The molecule has 1 atom stereocenters. The van der Waals surface area contributed by atoms with Gasteiger partial charge in [0.1, 0.15) is 17.7 Å². The summed E-state index contributed by atoms with van der Waals surface area (Å²) in [7, 11) is 1.58. The van der Waals surface area contributed by atoms with Gasteiger partial charge in [0, 0.05) is 0 Å². The van der Waals surface area contributed by atoms with Crippen LogP contribution >= 0.6 is 0 Å². The molecule has 0 radical (unpaired) electrons. The van der Waals surface area contributed by atoms with Gasteiger partial charge in [0.05, 0.1) is 7.11 Å². The Bertz CT molecular complexity index is 494. The third-order valence-electron chi connectivity index (χ3n) is 2.60. The molecular formula is C14H13FO2. The average molecular weight is 232 g/mol. The molecule has 0 amide bonds. The van der Waals surface area contributed by atoms with E-state index in [4.69, 9.17) is 4.74 Å². The van der Waals surface area contributed by atoms with Gasteiger partial charge in [0.25, 0.3) is 0 Å². The second-order valence-corrected chi connectivity index (χ2v) is 3.73. The van der Waals surface area contributed by atoms with Crippen molar-refractivity contribution in [1.29, 1.82) is 0 Å². The molecule has 88 valence electrons. The molecule has 1 unspecified atom stereocenters. The lowest BCUT2D eigenvalue weighted by Gasteiger charge is -2.12. The number of rotatable bonds is 3. The Morgan fingerprint density at radius 3 is 2.35 bits per heavy atom. The lowest BCUT2D eigenvalue weighted by molar-refractivity contribution is 0.219. The van der Waals surface area contributed by atoms with Gasteiger partial charge in [-0.15, -0.1) is 0 Å². The maximum absolute atomic E-state index is 13.0. The lowest BCUT2D eigenvalue weighted by atomic mass is 10.0. The smallest absolute Gasteiger partial charge is 0.123 e. The maximum Gasteiger partial charge on any atom is 0.123 e. The SMILES string of the molecule is COc1ccc(C(O)c2cccc(F)c2)cc1. The first-order chi connectivity index (χ1) is 8.20. The van der Waals surface area contributed by atoms with Gasteiger partial charge >= 0.3 is 0 Å². The minimum absolute atomic E-state index is 0.352. The highest BCUT2D eigenvalue weighted by molar-refractivity contribution is 5.34. The van der Waals surface area contributed by atoms with Gasteiger partial charge in [-0.3, -0.25) is 0 Å². The first kappa shape index (κ1) is 11.6. The quantitative estimate of drug-likeness (QED) is 0.881. The van der Waals surface area contributed by atoms with Crippen LogP contribution in [0.2, 0.25) is 0 Å². The lowest BCUT2D eigenvalue weighted by Crippen LogP contribution is -1.99. The van der Waals surface area contributed by atoms with Crippen molar-refractivity contribution in [3.63, 3.8) is 0 Å². The number of ether oxygens (including phenoxy) is 1. The van der Waals surface area contributed by atoms with E-state index in [-0.39, 0.29) is 5.82 Å². The van der Waals surface area contributed by atoms with Crippen LogP contribution in [-0.2, 0) is 0 Å². The van der Waals surface area contributed by atoms with E-state index in [0.717, 1.165) is 5.75 Å². The predicted molar refractivity (Wildman–Crippen MR) is 63.5 cm³/mol. The van der Waals surface area contributed by atoms with Crippen molar-refractivity contribution in [3.8, 4) is 5.75 Å². The zero-order valence-corrected chi connectivity index (χ0v) is 9.43. The van der Waals surface area contributed by atoms with E-state index in [0.29, 0.717) is 11.1 Å². The largest absolute Gasteiger partial charge is 0.497 e. The molecule has 0 aliphatic heterocycles. The molecular weight excluding hydrogens is 219 g/mol. The number of aliphatic hydroxyl groups is 1. The first-order valence-corrected chi connectivity index (χ1v) is 5.28. The molecule has 0 heterocycles. The molecule has 0 bridgehead atoms. The summed E-state index contributed by atoms with van der Waals surface area (Å²) < 4.78 is 18.1. The highest BCUT2D eigenvalue weighted by atomic mass is 19.1. The minimum Gasteiger partial charge on any atom is -0.497 e. The van der Waals surface area contributed by atoms with Crippen molar-refractivity contribution in [2.45, 2.75) is 6.10 Å². The number of hydrogen-bond donors (Lipinski definition) is 1. The van der Waals surface area contributed by atoms with Gasteiger partial charge in [-0.05, 0) is 35.4 Å². The molecule has 2 nitrogen and oxygen atoms in total. The van der Waals surface area contributed by atoms with E-state index in [1.54, 1.807) is 43.5 Å². The van der Waals surface area contributed by atoms with Crippen molar-refractivity contribution >= 4 is 0 Å². The second-order valence-electron chi connectivity index (χ2n) is 3.73. The topological polar surface area (TPSA) is 29.5 Å². The van der Waals surface area contributed by atoms with Crippen LogP contribution in [0.3, 0.4) is 0 Å². The van der Waals surface area contributed by atoms with Crippen LogP contribution in [0.5, 0.6) is 5.75 Å². The molecule has 0 spiro atoms. The molecule has 2 aromatic carbocycles. The Morgan fingerprint density at radius 2 is 1.76 bits per heavy atom. The summed E-state index contributed by atoms with van der Waals surface area (Å²) >= 11 is 0. The molecule has 0 fully saturated rings. The first-order valence-electron chi connectivity index (χ1n) is 5.28. The Hall–Kier alpha value is -1.87. The summed E-state index contributed by atoms with van der Waals surface area (Å²) in [5.74, 6) is 0.371. The summed E-state index contributed by atoms with van der Waals surface area (Å²) in [6.07, 6.45) is -0.823. The van der Waals surface area contributed by atoms with E-state index >= 15 is 0 Å². The molecule has 3 heteroatoms. The van der Waals surface area contributed by atoms with Gasteiger partial charge in [-0.25, -0.2) is 4.39 Å². The van der Waals surface area contributed by atoms with Crippen LogP contribution in [0.1, 0.15) is 17.2 Å². The summed E-state index contributed by atoms with van der Waals surface area (Å²) in [6, 6.07) is 13.0. The summed E-state index contributed by atoms with van der Waals surface area (Å²) in [6.45, 7) is 0. The zero-order chi connectivity index (χ0) is 12.3. The van der Waals surface area contributed by atoms with Crippen molar-refractivity contribution in [3.05, 3.63) is 65.5 Å². The Kier molecular flexibility index (Phi) is 3.40. The molecule has 0 aliphatic carbocycles. The van der Waals surface area contributed by atoms with Crippen LogP contribution in [0.15, 0.2) is 48.5 Å². The van der Waals surface area contributed by atoms with Crippen molar-refractivity contribution in [2.24, 2.45) is 0 Å². The number of hydrogen-bond acceptors (Lipinski definition) is 2. The number of halogens is 1. The van der Waals surface area contributed by atoms with Crippen molar-refractivity contribution in [2.75, 3.05) is 7.11 Å². The van der Waals surface area contributed by atoms with Gasteiger partial charge in [-0.2, -0.15) is 0 Å². The van der Waals surface area contributed by atoms with Crippen LogP contribution < -0.4 is 4.74 Å². The fourth-order valence-corrected chi connectivity index (χ4v) is 1.66. The molecule has 0 saturated heterocycles. The molecule has 0 aliphatic rings. The number of aliphatic hydroxyl groups excluding tert-OH is 1.